The van der Waals surface area contributed by atoms with Crippen molar-refractivity contribution in [3.05, 3.63) is 58.1 Å². The number of hydrogen-bond donors (Lipinski definition) is 3. The van der Waals surface area contributed by atoms with Crippen molar-refractivity contribution in [2.45, 2.75) is 59.2 Å². The second-order valence-electron chi connectivity index (χ2n) is 11.9. The van der Waals surface area contributed by atoms with Crippen molar-refractivity contribution < 1.29 is 27.6 Å². The van der Waals surface area contributed by atoms with E-state index in [-0.39, 0.29) is 54.9 Å². The van der Waals surface area contributed by atoms with Gasteiger partial charge in [0.1, 0.15) is 0 Å². The molecule has 4 rings (SSSR count). The number of nitrogens with zero attached hydrogens (tertiary/aromatic N) is 1. The molecular weight excluding hydrogens is 557 g/mol. The van der Waals surface area contributed by atoms with Gasteiger partial charge in [-0.3, -0.25) is 14.4 Å². The van der Waals surface area contributed by atoms with Crippen LogP contribution in [0.3, 0.4) is 0 Å². The SMILES string of the molecule is CC(C)(C)C(=O)NCc1ccc(Cl)c(C(=O)Nc2ccc(N3CCC(C(F)(F)F)CC3)c(C(=O)NCC3CC3)c2)c1. The van der Waals surface area contributed by atoms with Gasteiger partial charge >= 0.3 is 6.18 Å². The van der Waals surface area contributed by atoms with E-state index in [4.69, 9.17) is 11.6 Å². The molecule has 0 aromatic heterocycles. The van der Waals surface area contributed by atoms with Crippen LogP contribution in [0.25, 0.3) is 0 Å². The molecule has 1 saturated carbocycles. The van der Waals surface area contributed by atoms with Crippen molar-refractivity contribution in [3.63, 3.8) is 0 Å². The number of carbonyl (C=O) groups excluding carboxylic acids is 3. The molecule has 3 amide bonds. The topological polar surface area (TPSA) is 90.5 Å². The Morgan fingerprint density at radius 3 is 2.20 bits per heavy atom. The quantitative estimate of drug-likeness (QED) is 0.342. The third kappa shape index (κ3) is 8.15. The molecule has 0 spiro atoms. The zero-order chi connectivity index (χ0) is 29.9. The first-order valence-corrected chi connectivity index (χ1v) is 14.2. The van der Waals surface area contributed by atoms with Crippen LogP contribution in [0.2, 0.25) is 5.02 Å². The molecule has 1 heterocycles. The number of halogens is 4. The predicted octanol–water partition coefficient (Wildman–Crippen LogP) is 6.17. The Bertz CT molecular complexity index is 1300. The molecule has 1 aliphatic heterocycles. The van der Waals surface area contributed by atoms with Gasteiger partial charge in [-0.1, -0.05) is 38.4 Å². The lowest BCUT2D eigenvalue weighted by atomic mass is 9.95. The first kappa shape index (κ1) is 30.7. The highest BCUT2D eigenvalue weighted by atomic mass is 35.5. The fourth-order valence-corrected chi connectivity index (χ4v) is 4.88. The highest BCUT2D eigenvalue weighted by molar-refractivity contribution is 6.34. The van der Waals surface area contributed by atoms with Gasteiger partial charge in [-0.15, -0.1) is 0 Å². The van der Waals surface area contributed by atoms with Gasteiger partial charge in [0, 0.05) is 43.0 Å². The van der Waals surface area contributed by atoms with Gasteiger partial charge < -0.3 is 20.9 Å². The summed E-state index contributed by atoms with van der Waals surface area (Å²) < 4.78 is 39.6. The van der Waals surface area contributed by atoms with Crippen LogP contribution >= 0.6 is 11.6 Å². The molecule has 0 atom stereocenters. The molecule has 11 heteroatoms. The summed E-state index contributed by atoms with van der Waals surface area (Å²) in [6.07, 6.45) is -2.23. The third-order valence-electron chi connectivity index (χ3n) is 7.46. The van der Waals surface area contributed by atoms with Crippen molar-refractivity contribution in [2.75, 3.05) is 29.9 Å². The minimum Gasteiger partial charge on any atom is -0.371 e. The second-order valence-corrected chi connectivity index (χ2v) is 12.3. The smallest absolute Gasteiger partial charge is 0.371 e. The largest absolute Gasteiger partial charge is 0.391 e. The van der Waals surface area contributed by atoms with E-state index in [9.17, 15) is 27.6 Å². The standard InChI is InChI=1S/C30H36ClF3N4O3/c1-29(2,3)28(41)36-17-19-6-8-24(31)22(14-19)27(40)37-21-7-9-25(23(15-21)26(39)35-16-18-4-5-18)38-12-10-20(11-13-38)30(32,33)34/h6-9,14-15,18,20H,4-5,10-13,16-17H2,1-3H3,(H,35,39)(H,36,41)(H,37,40). The maximum Gasteiger partial charge on any atom is 0.391 e. The Balaban J connectivity index is 1.51. The number of piperidine rings is 1. The van der Waals surface area contributed by atoms with Crippen molar-refractivity contribution in [2.24, 2.45) is 17.3 Å². The molecule has 1 saturated heterocycles. The monoisotopic (exact) mass is 592 g/mol. The maximum absolute atomic E-state index is 13.2. The van der Waals surface area contributed by atoms with Crippen molar-refractivity contribution in [1.82, 2.24) is 10.6 Å². The zero-order valence-electron chi connectivity index (χ0n) is 23.5. The van der Waals surface area contributed by atoms with Crippen molar-refractivity contribution in [1.29, 1.82) is 0 Å². The number of nitrogens with one attached hydrogen (secondary N) is 3. The number of anilines is 2. The minimum atomic E-state index is -4.23. The van der Waals surface area contributed by atoms with Gasteiger partial charge in [-0.2, -0.15) is 13.2 Å². The van der Waals surface area contributed by atoms with Crippen molar-refractivity contribution in [3.8, 4) is 0 Å². The van der Waals surface area contributed by atoms with E-state index in [1.54, 1.807) is 62.1 Å². The Morgan fingerprint density at radius 1 is 0.902 bits per heavy atom. The fraction of sp³-hybridized carbons (Fsp3) is 0.500. The van der Waals surface area contributed by atoms with Crippen LogP contribution in [0.1, 0.15) is 72.7 Å². The summed E-state index contributed by atoms with van der Waals surface area (Å²) >= 11 is 6.32. The van der Waals surface area contributed by atoms with Crippen molar-refractivity contribution >= 4 is 40.7 Å². The number of hydrogen-bond acceptors (Lipinski definition) is 4. The summed E-state index contributed by atoms with van der Waals surface area (Å²) in [6.45, 7) is 6.51. The molecule has 2 aromatic carbocycles. The fourth-order valence-electron chi connectivity index (χ4n) is 4.68. The molecule has 3 N–H and O–H groups in total. The molecule has 41 heavy (non-hydrogen) atoms. The summed E-state index contributed by atoms with van der Waals surface area (Å²) in [6, 6.07) is 9.74. The van der Waals surface area contributed by atoms with Gasteiger partial charge in [-0.05, 0) is 67.5 Å². The Morgan fingerprint density at radius 2 is 1.59 bits per heavy atom. The van der Waals surface area contributed by atoms with Crippen LogP contribution < -0.4 is 20.9 Å². The van der Waals surface area contributed by atoms with E-state index in [1.165, 1.54) is 0 Å². The number of carbonyl (C=O) groups is 3. The van der Waals surface area contributed by atoms with E-state index < -0.39 is 23.4 Å². The van der Waals surface area contributed by atoms with Crippen LogP contribution in [0.5, 0.6) is 0 Å². The summed E-state index contributed by atoms with van der Waals surface area (Å²) in [4.78, 5) is 40.4. The molecule has 2 aliphatic rings. The summed E-state index contributed by atoms with van der Waals surface area (Å²) in [7, 11) is 0. The number of benzene rings is 2. The minimum absolute atomic E-state index is 0.0455. The summed E-state index contributed by atoms with van der Waals surface area (Å²) in [5.41, 5.74) is 1.51. The molecule has 2 fully saturated rings. The first-order chi connectivity index (χ1) is 19.2. The highest BCUT2D eigenvalue weighted by Gasteiger charge is 2.41. The molecule has 0 bridgehead atoms. The number of alkyl halides is 3. The zero-order valence-corrected chi connectivity index (χ0v) is 24.2. The van der Waals surface area contributed by atoms with E-state index in [0.29, 0.717) is 35.0 Å². The molecule has 1 aliphatic carbocycles. The van der Waals surface area contributed by atoms with E-state index in [1.807, 2.05) is 0 Å². The van der Waals surface area contributed by atoms with Crippen LogP contribution in [0, 0.1) is 17.3 Å². The number of rotatable bonds is 8. The van der Waals surface area contributed by atoms with Crippen LogP contribution in [-0.4, -0.2) is 43.5 Å². The third-order valence-corrected chi connectivity index (χ3v) is 7.79. The van der Waals surface area contributed by atoms with Gasteiger partial charge in [0.15, 0.2) is 0 Å². The van der Waals surface area contributed by atoms with E-state index >= 15 is 0 Å². The van der Waals surface area contributed by atoms with Gasteiger partial charge in [-0.25, -0.2) is 0 Å². The van der Waals surface area contributed by atoms with E-state index in [2.05, 4.69) is 16.0 Å². The van der Waals surface area contributed by atoms with Gasteiger partial charge in [0.2, 0.25) is 5.91 Å². The lowest BCUT2D eigenvalue weighted by Gasteiger charge is -2.35. The Kier molecular flexibility index (Phi) is 9.21. The van der Waals surface area contributed by atoms with Crippen LogP contribution in [-0.2, 0) is 11.3 Å². The maximum atomic E-state index is 13.2. The molecular formula is C30H36ClF3N4O3. The average molecular weight is 593 g/mol. The molecule has 0 radical (unpaired) electrons. The first-order valence-electron chi connectivity index (χ1n) is 13.8. The summed E-state index contributed by atoms with van der Waals surface area (Å²) in [5, 5.41) is 8.77. The van der Waals surface area contributed by atoms with Gasteiger partial charge in [0.05, 0.1) is 22.1 Å². The Hall–Kier alpha value is -3.27. The molecule has 7 nitrogen and oxygen atoms in total. The number of amides is 3. The second kappa shape index (κ2) is 12.3. The molecule has 2 aromatic rings. The molecule has 0 unspecified atom stereocenters. The molecule has 222 valence electrons. The highest BCUT2D eigenvalue weighted by Crippen LogP contribution is 2.37. The van der Waals surface area contributed by atoms with Gasteiger partial charge in [0.25, 0.3) is 11.8 Å². The van der Waals surface area contributed by atoms with Crippen LogP contribution in [0.15, 0.2) is 36.4 Å². The predicted molar refractivity (Wildman–Crippen MR) is 153 cm³/mol. The lowest BCUT2D eigenvalue weighted by Crippen LogP contribution is -2.40. The Labute approximate surface area is 243 Å². The average Bonchev–Trinajstić information content (AvgIpc) is 3.74. The normalized spacial score (nSPS) is 16.3. The summed E-state index contributed by atoms with van der Waals surface area (Å²) in [5.74, 6) is -1.88. The van der Waals surface area contributed by atoms with E-state index in [0.717, 1.165) is 12.8 Å². The lowest BCUT2D eigenvalue weighted by molar-refractivity contribution is -0.179. The van der Waals surface area contributed by atoms with Crippen LogP contribution in [0.4, 0.5) is 24.5 Å².